The van der Waals surface area contributed by atoms with Crippen molar-refractivity contribution in [3.8, 4) is 0 Å². The van der Waals surface area contributed by atoms with E-state index in [-0.39, 0.29) is 11.7 Å². The predicted octanol–water partition coefficient (Wildman–Crippen LogP) is 3.67. The van der Waals surface area contributed by atoms with E-state index in [1.807, 2.05) is 0 Å². The van der Waals surface area contributed by atoms with Crippen molar-refractivity contribution < 1.29 is 13.6 Å². The van der Waals surface area contributed by atoms with Gasteiger partial charge in [0.25, 0.3) is 0 Å². The fraction of sp³-hybridized carbons (Fsp3) is 0.0476. The molecular weight excluding hydrogens is 392 g/mol. The number of aliphatic imine (C=N–C) groups is 1. The summed E-state index contributed by atoms with van der Waals surface area (Å²) in [6.45, 7) is 0. The lowest BCUT2D eigenvalue weighted by Crippen LogP contribution is -2.29. The Kier molecular flexibility index (Phi) is 4.06. The maximum Gasteiger partial charge on any atom is 0.336 e. The van der Waals surface area contributed by atoms with E-state index in [4.69, 9.17) is 8.83 Å². The second kappa shape index (κ2) is 6.75. The van der Waals surface area contributed by atoms with Crippen LogP contribution in [0.15, 0.2) is 84.1 Å². The van der Waals surface area contributed by atoms with E-state index in [0.29, 0.717) is 33.1 Å². The van der Waals surface area contributed by atoms with E-state index in [0.717, 1.165) is 5.39 Å². The topological polar surface area (TPSA) is 93.1 Å². The summed E-state index contributed by atoms with van der Waals surface area (Å²) in [6, 6.07) is 16.4. The molecule has 7 nitrogen and oxygen atoms in total. The molecule has 142 valence electrons. The second-order valence-electron chi connectivity index (χ2n) is 6.37. The van der Waals surface area contributed by atoms with E-state index in [1.165, 1.54) is 23.9 Å². The average Bonchev–Trinajstić information content (AvgIpc) is 3.07. The zero-order valence-electron chi connectivity index (χ0n) is 14.8. The van der Waals surface area contributed by atoms with Crippen molar-refractivity contribution in [3.63, 3.8) is 0 Å². The number of hydrogen-bond acceptors (Lipinski definition) is 7. The van der Waals surface area contributed by atoms with E-state index in [1.54, 1.807) is 53.4 Å². The van der Waals surface area contributed by atoms with Crippen molar-refractivity contribution in [2.24, 2.45) is 4.99 Å². The highest BCUT2D eigenvalue weighted by Crippen LogP contribution is 2.31. The molecule has 0 aliphatic carbocycles. The van der Waals surface area contributed by atoms with Gasteiger partial charge in [0, 0.05) is 22.9 Å². The van der Waals surface area contributed by atoms with Crippen LogP contribution in [0.3, 0.4) is 0 Å². The molecule has 2 aromatic heterocycles. The average molecular weight is 404 g/mol. The molecule has 0 radical (unpaired) electrons. The molecule has 4 aromatic rings. The van der Waals surface area contributed by atoms with Crippen molar-refractivity contribution in [2.45, 2.75) is 0 Å². The highest BCUT2D eigenvalue weighted by atomic mass is 32.2. The first kappa shape index (κ1) is 17.4. The number of benzene rings is 2. The maximum absolute atomic E-state index is 12.5. The van der Waals surface area contributed by atoms with Crippen LogP contribution in [-0.2, 0) is 4.79 Å². The van der Waals surface area contributed by atoms with Crippen molar-refractivity contribution in [1.82, 2.24) is 0 Å². The smallest absolute Gasteiger partial charge is 0.336 e. The van der Waals surface area contributed by atoms with Crippen LogP contribution < -0.4 is 16.2 Å². The number of hydrogen-bond donors (Lipinski definition) is 0. The third-order valence-electron chi connectivity index (χ3n) is 4.45. The molecule has 0 unspecified atom stereocenters. The molecule has 1 amide bonds. The molecular formula is C21H12N2O5S. The van der Waals surface area contributed by atoms with Gasteiger partial charge in [-0.2, -0.15) is 0 Å². The fourth-order valence-corrected chi connectivity index (χ4v) is 4.02. The van der Waals surface area contributed by atoms with Gasteiger partial charge in [-0.3, -0.25) is 9.69 Å². The number of thioether (sulfide) groups is 1. The number of nitrogens with zero attached hydrogens (tertiary/aromatic N) is 2. The predicted molar refractivity (Wildman–Crippen MR) is 112 cm³/mol. The molecule has 2 aromatic carbocycles. The number of carbonyl (C=O) groups is 1. The summed E-state index contributed by atoms with van der Waals surface area (Å²) in [4.78, 5) is 41.4. The van der Waals surface area contributed by atoms with Crippen molar-refractivity contribution in [1.29, 1.82) is 0 Å². The van der Waals surface area contributed by atoms with Crippen molar-refractivity contribution in [3.05, 3.63) is 81.5 Å². The van der Waals surface area contributed by atoms with Gasteiger partial charge in [-0.05, 0) is 48.5 Å². The summed E-state index contributed by atoms with van der Waals surface area (Å²) in [5.41, 5.74) is 1.38. The van der Waals surface area contributed by atoms with E-state index < -0.39 is 11.3 Å². The Labute approximate surface area is 167 Å². The van der Waals surface area contributed by atoms with Crippen LogP contribution >= 0.6 is 11.8 Å². The van der Waals surface area contributed by atoms with Gasteiger partial charge in [0.1, 0.15) is 11.2 Å². The molecule has 29 heavy (non-hydrogen) atoms. The van der Waals surface area contributed by atoms with Crippen LogP contribution in [0, 0.1) is 0 Å². The van der Waals surface area contributed by atoms with Gasteiger partial charge in [0.15, 0.2) is 5.17 Å². The summed E-state index contributed by atoms with van der Waals surface area (Å²) >= 11 is 1.34. The standard InChI is InChI=1S/C21H12N2O5S/c24-18-11-29-21(22-14-3-5-16-12(9-14)1-7-19(25)27-16)23(18)15-4-6-17-13(10-15)2-8-20(26)28-17/h1-10H,11H2. The van der Waals surface area contributed by atoms with Crippen LogP contribution in [0.25, 0.3) is 21.9 Å². The summed E-state index contributed by atoms with van der Waals surface area (Å²) in [5.74, 6) is 0.195. The van der Waals surface area contributed by atoms with Gasteiger partial charge in [-0.25, -0.2) is 14.6 Å². The number of amidine groups is 1. The Bertz CT molecular complexity index is 1440. The van der Waals surface area contributed by atoms with Crippen molar-refractivity contribution >= 4 is 56.1 Å². The highest BCUT2D eigenvalue weighted by molar-refractivity contribution is 8.15. The van der Waals surface area contributed by atoms with Crippen LogP contribution in [0.4, 0.5) is 11.4 Å². The van der Waals surface area contributed by atoms with Crippen LogP contribution in [0.1, 0.15) is 0 Å². The molecule has 3 heterocycles. The minimum atomic E-state index is -0.424. The highest BCUT2D eigenvalue weighted by Gasteiger charge is 2.30. The van der Waals surface area contributed by atoms with E-state index >= 15 is 0 Å². The number of carbonyl (C=O) groups excluding carboxylic acids is 1. The van der Waals surface area contributed by atoms with Crippen LogP contribution in [0.2, 0.25) is 0 Å². The molecule has 1 fully saturated rings. The Morgan fingerprint density at radius 1 is 0.793 bits per heavy atom. The Morgan fingerprint density at radius 3 is 2.17 bits per heavy atom. The monoisotopic (exact) mass is 404 g/mol. The normalized spacial score (nSPS) is 15.7. The SMILES string of the molecule is O=C1CSC(=Nc2ccc3oc(=O)ccc3c2)N1c1ccc2oc(=O)ccc2c1. The lowest BCUT2D eigenvalue weighted by Gasteiger charge is -2.16. The second-order valence-corrected chi connectivity index (χ2v) is 7.31. The largest absolute Gasteiger partial charge is 0.423 e. The Hall–Kier alpha value is -3.65. The minimum absolute atomic E-state index is 0.0859. The van der Waals surface area contributed by atoms with Crippen LogP contribution in [-0.4, -0.2) is 16.8 Å². The summed E-state index contributed by atoms with van der Waals surface area (Å²) in [6.07, 6.45) is 0. The first-order valence-electron chi connectivity index (χ1n) is 8.69. The van der Waals surface area contributed by atoms with Gasteiger partial charge >= 0.3 is 11.3 Å². The summed E-state index contributed by atoms with van der Waals surface area (Å²) in [7, 11) is 0. The van der Waals surface area contributed by atoms with Gasteiger partial charge in [0.2, 0.25) is 5.91 Å². The summed E-state index contributed by atoms with van der Waals surface area (Å²) < 4.78 is 10.3. The minimum Gasteiger partial charge on any atom is -0.423 e. The van der Waals surface area contributed by atoms with Gasteiger partial charge in [-0.1, -0.05) is 11.8 Å². The molecule has 0 N–H and O–H groups in total. The number of anilines is 1. The number of amides is 1. The lowest BCUT2D eigenvalue weighted by atomic mass is 10.2. The Morgan fingerprint density at radius 2 is 1.45 bits per heavy atom. The zero-order valence-corrected chi connectivity index (χ0v) is 15.6. The quantitative estimate of drug-likeness (QED) is 0.473. The zero-order chi connectivity index (χ0) is 20.0. The third-order valence-corrected chi connectivity index (χ3v) is 5.38. The first-order chi connectivity index (χ1) is 14.1. The molecule has 1 aliphatic rings. The summed E-state index contributed by atoms with van der Waals surface area (Å²) in [5, 5.41) is 2.00. The number of fused-ring (bicyclic) bond motifs is 2. The van der Waals surface area contributed by atoms with Crippen LogP contribution in [0.5, 0.6) is 0 Å². The third kappa shape index (κ3) is 3.23. The van der Waals surface area contributed by atoms with E-state index in [9.17, 15) is 14.4 Å². The van der Waals surface area contributed by atoms with Crippen molar-refractivity contribution in [2.75, 3.05) is 10.7 Å². The number of rotatable bonds is 2. The molecule has 0 bridgehead atoms. The molecule has 5 rings (SSSR count). The van der Waals surface area contributed by atoms with Gasteiger partial charge in [0.05, 0.1) is 17.1 Å². The molecule has 0 spiro atoms. The fourth-order valence-electron chi connectivity index (χ4n) is 3.14. The molecule has 1 saturated heterocycles. The molecule has 8 heteroatoms. The first-order valence-corrected chi connectivity index (χ1v) is 9.68. The van der Waals surface area contributed by atoms with Gasteiger partial charge in [-0.15, -0.1) is 0 Å². The lowest BCUT2D eigenvalue weighted by molar-refractivity contribution is -0.115. The maximum atomic E-state index is 12.5. The molecule has 0 saturated carbocycles. The molecule has 1 aliphatic heterocycles. The molecule has 0 atom stereocenters. The Balaban J connectivity index is 1.57. The van der Waals surface area contributed by atoms with Gasteiger partial charge < -0.3 is 8.83 Å². The van der Waals surface area contributed by atoms with E-state index in [2.05, 4.69) is 4.99 Å².